The summed E-state index contributed by atoms with van der Waals surface area (Å²) in [5, 5.41) is 0. The molecular weight excluding hydrogens is 212 g/mol. The summed E-state index contributed by atoms with van der Waals surface area (Å²) >= 11 is 0. The molecule has 0 radical (unpaired) electrons. The van der Waals surface area contributed by atoms with Gasteiger partial charge < -0.3 is 4.74 Å². The summed E-state index contributed by atoms with van der Waals surface area (Å²) in [5.41, 5.74) is 1.10. The van der Waals surface area contributed by atoms with Gasteiger partial charge in [-0.2, -0.15) is 0 Å². The first-order chi connectivity index (χ1) is 8.22. The third-order valence-electron chi connectivity index (χ3n) is 2.07. The topological polar surface area (TPSA) is 26.3 Å². The first-order valence-electron chi connectivity index (χ1n) is 5.38. The molecule has 17 heavy (non-hydrogen) atoms. The second-order valence-electron chi connectivity index (χ2n) is 3.49. The Bertz CT molecular complexity index is 436. The van der Waals surface area contributed by atoms with Gasteiger partial charge in [0, 0.05) is 0 Å². The third-order valence-corrected chi connectivity index (χ3v) is 2.07. The van der Waals surface area contributed by atoms with Crippen molar-refractivity contribution in [2.45, 2.75) is 6.92 Å². The molecule has 0 aliphatic heterocycles. The highest BCUT2D eigenvalue weighted by Crippen LogP contribution is 2.12. The van der Waals surface area contributed by atoms with Gasteiger partial charge in [0.1, 0.15) is 5.75 Å². The molecule has 0 atom stereocenters. The van der Waals surface area contributed by atoms with Gasteiger partial charge in [-0.05, 0) is 30.7 Å². The number of rotatable bonds is 5. The van der Waals surface area contributed by atoms with Crippen LogP contribution < -0.4 is 4.74 Å². The second-order valence-corrected chi connectivity index (χ2v) is 3.49. The Morgan fingerprint density at radius 3 is 2.29 bits per heavy atom. The van der Waals surface area contributed by atoms with Gasteiger partial charge >= 0.3 is 0 Å². The van der Waals surface area contributed by atoms with Gasteiger partial charge in [0.25, 0.3) is 0 Å². The van der Waals surface area contributed by atoms with E-state index in [-0.39, 0.29) is 5.78 Å². The van der Waals surface area contributed by atoms with E-state index < -0.39 is 0 Å². The van der Waals surface area contributed by atoms with Gasteiger partial charge in [0.15, 0.2) is 5.78 Å². The van der Waals surface area contributed by atoms with E-state index in [1.807, 2.05) is 48.6 Å². The fraction of sp³-hybridized carbons (Fsp3) is 0.133. The lowest BCUT2D eigenvalue weighted by Crippen LogP contribution is -1.81. The SMILES string of the molecule is COc1ccc(/C=C/C=C\C=C\C(C)=O)cc1. The van der Waals surface area contributed by atoms with Crippen LogP contribution in [0.5, 0.6) is 5.75 Å². The zero-order chi connectivity index (χ0) is 12.5. The maximum Gasteiger partial charge on any atom is 0.152 e. The predicted octanol–water partition coefficient (Wildman–Crippen LogP) is 3.41. The largest absolute Gasteiger partial charge is 0.497 e. The van der Waals surface area contributed by atoms with Crippen molar-refractivity contribution < 1.29 is 9.53 Å². The van der Waals surface area contributed by atoms with Crippen LogP contribution in [0.3, 0.4) is 0 Å². The number of allylic oxidation sites excluding steroid dienone is 5. The van der Waals surface area contributed by atoms with E-state index in [1.165, 1.54) is 13.0 Å². The first-order valence-corrected chi connectivity index (χ1v) is 5.38. The smallest absolute Gasteiger partial charge is 0.152 e. The number of ether oxygens (including phenoxy) is 1. The van der Waals surface area contributed by atoms with Crippen molar-refractivity contribution in [2.24, 2.45) is 0 Å². The minimum atomic E-state index is 0.0498. The van der Waals surface area contributed by atoms with E-state index in [2.05, 4.69) is 0 Å². The molecule has 0 amide bonds. The standard InChI is InChI=1S/C15H16O2/c1-13(16)7-5-3-4-6-8-14-9-11-15(17-2)12-10-14/h3-12H,1-2H3/b4-3-,7-5+,8-6+. The Balaban J connectivity index is 2.50. The number of ketones is 1. The van der Waals surface area contributed by atoms with Crippen LogP contribution in [0.15, 0.2) is 54.6 Å². The van der Waals surface area contributed by atoms with Crippen molar-refractivity contribution in [3.8, 4) is 5.75 Å². The summed E-state index contributed by atoms with van der Waals surface area (Å²) in [6, 6.07) is 7.79. The van der Waals surface area contributed by atoms with Crippen molar-refractivity contribution >= 4 is 11.9 Å². The molecule has 0 aromatic heterocycles. The van der Waals surface area contributed by atoms with E-state index in [9.17, 15) is 4.79 Å². The molecule has 1 aromatic rings. The number of carbonyl (C=O) groups is 1. The molecule has 1 rings (SSSR count). The Morgan fingerprint density at radius 1 is 1.06 bits per heavy atom. The summed E-state index contributed by atoms with van der Waals surface area (Å²) in [6.07, 6.45) is 10.9. The minimum Gasteiger partial charge on any atom is -0.497 e. The normalized spacial score (nSPS) is 11.6. The number of carbonyl (C=O) groups excluding carboxylic acids is 1. The van der Waals surface area contributed by atoms with Crippen LogP contribution in [0.4, 0.5) is 0 Å². The van der Waals surface area contributed by atoms with Crippen molar-refractivity contribution in [2.75, 3.05) is 7.11 Å². The van der Waals surface area contributed by atoms with Crippen LogP contribution in [0.2, 0.25) is 0 Å². The van der Waals surface area contributed by atoms with Gasteiger partial charge in [0.05, 0.1) is 7.11 Å². The van der Waals surface area contributed by atoms with Crippen molar-refractivity contribution in [3.05, 3.63) is 60.2 Å². The maximum atomic E-state index is 10.6. The summed E-state index contributed by atoms with van der Waals surface area (Å²) in [5.74, 6) is 0.899. The zero-order valence-electron chi connectivity index (χ0n) is 10.1. The Kier molecular flexibility index (Phi) is 5.52. The summed E-state index contributed by atoms with van der Waals surface area (Å²) in [4.78, 5) is 10.6. The molecule has 2 nitrogen and oxygen atoms in total. The Labute approximate surface area is 102 Å². The lowest BCUT2D eigenvalue weighted by Gasteiger charge is -1.98. The van der Waals surface area contributed by atoms with Gasteiger partial charge in [-0.25, -0.2) is 0 Å². The highest BCUT2D eigenvalue weighted by Gasteiger charge is 1.88. The third kappa shape index (κ3) is 5.52. The minimum absolute atomic E-state index is 0.0498. The molecule has 88 valence electrons. The summed E-state index contributed by atoms with van der Waals surface area (Å²) in [6.45, 7) is 1.53. The molecular formula is C15H16O2. The fourth-order valence-electron chi connectivity index (χ4n) is 1.20. The van der Waals surface area contributed by atoms with Crippen LogP contribution in [0.25, 0.3) is 6.08 Å². The van der Waals surface area contributed by atoms with Gasteiger partial charge in [-0.3, -0.25) is 4.79 Å². The number of benzene rings is 1. The van der Waals surface area contributed by atoms with E-state index in [4.69, 9.17) is 4.74 Å². The van der Waals surface area contributed by atoms with E-state index in [1.54, 1.807) is 13.2 Å². The number of hydrogen-bond acceptors (Lipinski definition) is 2. The highest BCUT2D eigenvalue weighted by atomic mass is 16.5. The van der Waals surface area contributed by atoms with Crippen molar-refractivity contribution in [1.29, 1.82) is 0 Å². The summed E-state index contributed by atoms with van der Waals surface area (Å²) < 4.78 is 5.07. The molecule has 0 aliphatic carbocycles. The molecule has 0 bridgehead atoms. The molecule has 2 heteroatoms. The number of hydrogen-bond donors (Lipinski definition) is 0. The Morgan fingerprint density at radius 2 is 1.71 bits per heavy atom. The maximum absolute atomic E-state index is 10.6. The Hall–Kier alpha value is -2.09. The van der Waals surface area contributed by atoms with Crippen LogP contribution >= 0.6 is 0 Å². The highest BCUT2D eigenvalue weighted by molar-refractivity contribution is 5.87. The first kappa shape index (κ1) is 13.0. The van der Waals surface area contributed by atoms with E-state index in [0.29, 0.717) is 0 Å². The van der Waals surface area contributed by atoms with Crippen LogP contribution in [0, 0.1) is 0 Å². The second kappa shape index (κ2) is 7.23. The van der Waals surface area contributed by atoms with Crippen LogP contribution in [0.1, 0.15) is 12.5 Å². The van der Waals surface area contributed by atoms with Crippen molar-refractivity contribution in [3.63, 3.8) is 0 Å². The predicted molar refractivity (Wildman–Crippen MR) is 71.0 cm³/mol. The van der Waals surface area contributed by atoms with Crippen LogP contribution in [-0.2, 0) is 4.79 Å². The molecule has 0 fully saturated rings. The van der Waals surface area contributed by atoms with Gasteiger partial charge in [-0.15, -0.1) is 0 Å². The monoisotopic (exact) mass is 228 g/mol. The molecule has 0 aliphatic rings. The molecule has 0 N–H and O–H groups in total. The zero-order valence-corrected chi connectivity index (χ0v) is 10.1. The van der Waals surface area contributed by atoms with E-state index >= 15 is 0 Å². The lowest BCUT2D eigenvalue weighted by molar-refractivity contribution is -0.112. The summed E-state index contributed by atoms with van der Waals surface area (Å²) in [7, 11) is 1.65. The molecule has 0 saturated carbocycles. The molecule has 0 spiro atoms. The molecule has 0 saturated heterocycles. The number of methoxy groups -OCH3 is 1. The molecule has 0 unspecified atom stereocenters. The average Bonchev–Trinajstić information content (AvgIpc) is 2.34. The van der Waals surface area contributed by atoms with Gasteiger partial charge in [0.2, 0.25) is 0 Å². The van der Waals surface area contributed by atoms with Crippen LogP contribution in [-0.4, -0.2) is 12.9 Å². The lowest BCUT2D eigenvalue weighted by atomic mass is 10.2. The van der Waals surface area contributed by atoms with E-state index in [0.717, 1.165) is 11.3 Å². The van der Waals surface area contributed by atoms with Crippen molar-refractivity contribution in [1.82, 2.24) is 0 Å². The molecule has 0 heterocycles. The molecule has 1 aromatic carbocycles. The average molecular weight is 228 g/mol. The quantitative estimate of drug-likeness (QED) is 0.570. The fourth-order valence-corrected chi connectivity index (χ4v) is 1.20. The van der Waals surface area contributed by atoms with Gasteiger partial charge in [-0.1, -0.05) is 42.5 Å².